The Morgan fingerprint density at radius 3 is 2.13 bits per heavy atom. The molecule has 0 amide bonds. The van der Waals surface area contributed by atoms with Crippen molar-refractivity contribution in [2.24, 2.45) is 0 Å². The van der Waals surface area contributed by atoms with Gasteiger partial charge in [-0.25, -0.2) is 0 Å². The lowest BCUT2D eigenvalue weighted by Gasteiger charge is -2.37. The number of hydrogen-bond donors (Lipinski definition) is 2. The van der Waals surface area contributed by atoms with E-state index in [1.807, 2.05) is 18.2 Å². The molecular weight excluding hydrogens is 580 g/mol. The molecule has 0 saturated heterocycles. The van der Waals surface area contributed by atoms with Gasteiger partial charge in [0.25, 0.3) is 0 Å². The first-order valence-electron chi connectivity index (χ1n) is 16.0. The van der Waals surface area contributed by atoms with Gasteiger partial charge in [-0.3, -0.25) is 9.80 Å². The van der Waals surface area contributed by atoms with Crippen molar-refractivity contribution >= 4 is 0 Å². The number of aliphatic hydroxyl groups excluding tert-OH is 2. The van der Waals surface area contributed by atoms with Crippen molar-refractivity contribution in [3.8, 4) is 34.5 Å². The van der Waals surface area contributed by atoms with Crippen LogP contribution >= 0.6 is 0 Å². The van der Waals surface area contributed by atoms with Crippen LogP contribution in [0.3, 0.4) is 0 Å². The van der Waals surface area contributed by atoms with Crippen LogP contribution in [0, 0.1) is 0 Å². The fourth-order valence-corrected chi connectivity index (χ4v) is 7.38. The number of benzene rings is 4. The number of nitrogens with zero attached hydrogens (tertiary/aromatic N) is 2. The van der Waals surface area contributed by atoms with Gasteiger partial charge in [0.15, 0.2) is 23.0 Å². The van der Waals surface area contributed by atoms with Gasteiger partial charge in [-0.15, -0.1) is 0 Å². The molecule has 0 unspecified atom stereocenters. The largest absolute Gasteiger partial charge is 0.493 e. The Morgan fingerprint density at radius 1 is 0.717 bits per heavy atom. The topological polar surface area (TPSA) is 83.9 Å². The zero-order valence-electron chi connectivity index (χ0n) is 27.0. The van der Waals surface area contributed by atoms with Gasteiger partial charge in [0, 0.05) is 41.9 Å². The average molecular weight is 623 g/mol. The highest BCUT2D eigenvalue weighted by atomic mass is 16.5. The Balaban J connectivity index is 1.46. The van der Waals surface area contributed by atoms with Crippen LogP contribution in [0.1, 0.15) is 56.6 Å². The van der Waals surface area contributed by atoms with Crippen LogP contribution < -0.4 is 18.9 Å². The Labute approximate surface area is 270 Å². The Kier molecular flexibility index (Phi) is 8.38. The number of likely N-dealkylation sites (N-methyl/N-ethyl adjacent to an activating group) is 2. The van der Waals surface area contributed by atoms with Gasteiger partial charge in [0.05, 0.1) is 27.4 Å². The smallest absolute Gasteiger partial charge is 0.174 e. The van der Waals surface area contributed by atoms with Gasteiger partial charge in [-0.1, -0.05) is 24.3 Å². The molecule has 4 aromatic carbocycles. The van der Waals surface area contributed by atoms with Crippen LogP contribution in [0.2, 0.25) is 0 Å². The molecule has 6 bridgehead atoms. The molecule has 4 aliphatic rings. The normalized spacial score (nSPS) is 19.3. The van der Waals surface area contributed by atoms with Gasteiger partial charge in [0.1, 0.15) is 11.5 Å². The van der Waals surface area contributed by atoms with E-state index in [0.717, 1.165) is 72.3 Å². The molecule has 8 nitrogen and oxygen atoms in total. The van der Waals surface area contributed by atoms with E-state index in [4.69, 9.17) is 18.9 Å². The molecule has 46 heavy (non-hydrogen) atoms. The molecule has 4 heterocycles. The highest BCUT2D eigenvalue weighted by Gasteiger charge is 2.34. The lowest BCUT2D eigenvalue weighted by molar-refractivity contribution is 0.219. The fourth-order valence-electron chi connectivity index (χ4n) is 7.38. The van der Waals surface area contributed by atoms with Crippen molar-refractivity contribution < 1.29 is 29.2 Å². The third kappa shape index (κ3) is 5.49. The second-order valence-electron chi connectivity index (χ2n) is 12.7. The van der Waals surface area contributed by atoms with Crippen LogP contribution in [0.5, 0.6) is 34.5 Å². The molecule has 8 rings (SSSR count). The second kappa shape index (κ2) is 12.6. The summed E-state index contributed by atoms with van der Waals surface area (Å²) in [5.41, 5.74) is 8.38. The highest BCUT2D eigenvalue weighted by molar-refractivity contribution is 5.61. The molecule has 2 atom stereocenters. The zero-order chi connectivity index (χ0) is 31.9. The molecule has 0 spiro atoms. The van der Waals surface area contributed by atoms with Gasteiger partial charge < -0.3 is 29.2 Å². The molecule has 4 aromatic rings. The van der Waals surface area contributed by atoms with Gasteiger partial charge >= 0.3 is 0 Å². The minimum Gasteiger partial charge on any atom is -0.493 e. The highest BCUT2D eigenvalue weighted by Crippen LogP contribution is 2.49. The summed E-state index contributed by atoms with van der Waals surface area (Å²) in [7, 11) is 7.63. The number of ether oxygens (including phenoxy) is 4. The Morgan fingerprint density at radius 2 is 1.41 bits per heavy atom. The van der Waals surface area contributed by atoms with Crippen LogP contribution in [0.25, 0.3) is 0 Å². The maximum Gasteiger partial charge on any atom is 0.174 e. The number of rotatable bonds is 4. The molecule has 0 aromatic heterocycles. The standard InChI is InChI=1S/C38H42N2O6/c1-39-13-11-25-19-34(43-3)35-20-30(25)31(39)16-24-5-8-27(21-41)33(17-24)45-29-9-6-23(7-10-29)15-32-36-26(12-14-40(32)2)18-28(22-42)37(44-4)38(36)46-35/h5-10,17-20,31-32,41-42H,11-16,21-22H2,1-4H3/t31-,32+/m1/s1. The van der Waals surface area contributed by atoms with Crippen molar-refractivity contribution in [3.63, 3.8) is 0 Å². The van der Waals surface area contributed by atoms with Crippen LogP contribution in [0.15, 0.2) is 60.7 Å². The number of aliphatic hydroxyl groups is 2. The molecule has 2 N–H and O–H groups in total. The Hall–Kier alpha value is -4.08. The number of fused-ring (bicyclic) bond motifs is 2. The zero-order valence-corrected chi connectivity index (χ0v) is 27.0. The van der Waals surface area contributed by atoms with Crippen molar-refractivity contribution in [1.29, 1.82) is 0 Å². The lowest BCUT2D eigenvalue weighted by atomic mass is 9.86. The fraction of sp³-hybridized carbons (Fsp3) is 0.368. The van der Waals surface area contributed by atoms with Crippen LogP contribution in [-0.2, 0) is 38.9 Å². The van der Waals surface area contributed by atoms with E-state index in [-0.39, 0.29) is 25.3 Å². The van der Waals surface area contributed by atoms with Crippen LogP contribution in [-0.4, -0.2) is 61.4 Å². The van der Waals surface area contributed by atoms with E-state index >= 15 is 0 Å². The average Bonchev–Trinajstić information content (AvgIpc) is 3.07. The van der Waals surface area contributed by atoms with Crippen molar-refractivity contribution in [2.45, 2.75) is 51.0 Å². The lowest BCUT2D eigenvalue weighted by Crippen LogP contribution is -2.34. The van der Waals surface area contributed by atoms with Crippen molar-refractivity contribution in [3.05, 3.63) is 105 Å². The predicted molar refractivity (Wildman–Crippen MR) is 176 cm³/mol. The SMILES string of the molecule is COc1cc2c3cc1Oc1c(OC)c(CO)cc4c1[C@H](Cc1ccc(cc1)Oc1cc(ccc1CO)C[C@H]3N(C)CC2)N(C)CC4. The first kappa shape index (κ1) is 30.6. The molecule has 8 heteroatoms. The minimum absolute atomic E-state index is 0.00576. The molecule has 240 valence electrons. The van der Waals surface area contributed by atoms with E-state index in [2.05, 4.69) is 66.4 Å². The molecule has 0 fully saturated rings. The summed E-state index contributed by atoms with van der Waals surface area (Å²) >= 11 is 0. The summed E-state index contributed by atoms with van der Waals surface area (Å²) in [4.78, 5) is 4.75. The Bertz CT molecular complexity index is 1750. The monoisotopic (exact) mass is 622 g/mol. The molecule has 4 aliphatic heterocycles. The van der Waals surface area contributed by atoms with E-state index in [1.165, 1.54) is 11.1 Å². The third-order valence-electron chi connectivity index (χ3n) is 9.98. The first-order chi connectivity index (χ1) is 22.4. The van der Waals surface area contributed by atoms with E-state index in [9.17, 15) is 10.2 Å². The van der Waals surface area contributed by atoms with E-state index in [1.54, 1.807) is 14.2 Å². The summed E-state index contributed by atoms with van der Waals surface area (Å²) in [6.45, 7) is 1.54. The third-order valence-corrected chi connectivity index (χ3v) is 9.98. The molecule has 0 radical (unpaired) electrons. The quantitative estimate of drug-likeness (QED) is 0.281. The van der Waals surface area contributed by atoms with Gasteiger partial charge in [-0.05, 0) is 104 Å². The van der Waals surface area contributed by atoms with E-state index < -0.39 is 0 Å². The maximum absolute atomic E-state index is 10.4. The summed E-state index contributed by atoms with van der Waals surface area (Å²) in [6.07, 6.45) is 3.23. The van der Waals surface area contributed by atoms with Gasteiger partial charge in [0.2, 0.25) is 0 Å². The van der Waals surface area contributed by atoms with Gasteiger partial charge in [-0.2, -0.15) is 0 Å². The summed E-state index contributed by atoms with van der Waals surface area (Å²) in [6, 6.07) is 20.7. The van der Waals surface area contributed by atoms with Crippen LogP contribution in [0.4, 0.5) is 0 Å². The second-order valence-corrected chi connectivity index (χ2v) is 12.7. The summed E-state index contributed by atoms with van der Waals surface area (Å²) < 4.78 is 25.3. The first-order valence-corrected chi connectivity index (χ1v) is 16.0. The molecule has 0 saturated carbocycles. The predicted octanol–water partition coefficient (Wildman–Crippen LogP) is 6.13. The maximum atomic E-state index is 10.4. The number of hydrogen-bond acceptors (Lipinski definition) is 8. The van der Waals surface area contributed by atoms with Crippen molar-refractivity contribution in [1.82, 2.24) is 9.80 Å². The molecular formula is C38H42N2O6. The van der Waals surface area contributed by atoms with E-state index in [0.29, 0.717) is 34.3 Å². The molecule has 0 aliphatic carbocycles. The summed E-state index contributed by atoms with van der Waals surface area (Å²) in [5, 5.41) is 20.5. The summed E-state index contributed by atoms with van der Waals surface area (Å²) in [5.74, 6) is 3.86. The minimum atomic E-state index is -0.153. The van der Waals surface area contributed by atoms with Crippen molar-refractivity contribution in [2.75, 3.05) is 41.4 Å². The number of methoxy groups -OCH3 is 2.